The zero-order chi connectivity index (χ0) is 23.1. The van der Waals surface area contributed by atoms with Gasteiger partial charge < -0.3 is 24.4 Å². The lowest BCUT2D eigenvalue weighted by atomic mass is 10.1. The standard InChI is InChI=1S/C20H22ClN3O7/c1-23(2)20(26)13-9-12(5-6-15(13)21)22-19(25)14-10-17(30-4)18(31-8-7-29-3)11-16(14)24(27)28/h5-6,9-11H,7-8H2,1-4H3,(H,22,25). The molecule has 0 atom stereocenters. The van der Waals surface area contributed by atoms with Gasteiger partial charge in [-0.25, -0.2) is 0 Å². The van der Waals surface area contributed by atoms with Crippen LogP contribution in [0.1, 0.15) is 20.7 Å². The molecule has 2 aromatic carbocycles. The molecular weight excluding hydrogens is 430 g/mol. The van der Waals surface area contributed by atoms with E-state index in [1.54, 1.807) is 14.1 Å². The van der Waals surface area contributed by atoms with E-state index in [1.165, 1.54) is 43.4 Å². The molecule has 2 amide bonds. The maximum absolute atomic E-state index is 12.8. The molecule has 0 spiro atoms. The van der Waals surface area contributed by atoms with E-state index in [2.05, 4.69) is 5.32 Å². The minimum atomic E-state index is -0.765. The van der Waals surface area contributed by atoms with Crippen LogP contribution < -0.4 is 14.8 Å². The molecule has 0 heterocycles. The fraction of sp³-hybridized carbons (Fsp3) is 0.300. The molecule has 11 heteroatoms. The van der Waals surface area contributed by atoms with Crippen molar-refractivity contribution in [2.45, 2.75) is 0 Å². The lowest BCUT2D eigenvalue weighted by Crippen LogP contribution is -2.22. The summed E-state index contributed by atoms with van der Waals surface area (Å²) in [6.07, 6.45) is 0. The van der Waals surface area contributed by atoms with Crippen molar-refractivity contribution in [3.05, 3.63) is 56.6 Å². The molecule has 0 radical (unpaired) electrons. The maximum atomic E-state index is 12.8. The summed E-state index contributed by atoms with van der Waals surface area (Å²) in [5, 5.41) is 14.3. The minimum Gasteiger partial charge on any atom is -0.493 e. The van der Waals surface area contributed by atoms with Gasteiger partial charge in [0.25, 0.3) is 17.5 Å². The average molecular weight is 452 g/mol. The predicted molar refractivity (Wildman–Crippen MR) is 114 cm³/mol. The number of nitrogens with zero attached hydrogens (tertiary/aromatic N) is 2. The number of nitro benzene ring substituents is 1. The first-order valence-electron chi connectivity index (χ1n) is 9.00. The van der Waals surface area contributed by atoms with Crippen LogP contribution in [0.25, 0.3) is 0 Å². The van der Waals surface area contributed by atoms with Crippen LogP contribution in [0.15, 0.2) is 30.3 Å². The van der Waals surface area contributed by atoms with Crippen molar-refractivity contribution < 1.29 is 28.7 Å². The topological polar surface area (TPSA) is 120 Å². The van der Waals surface area contributed by atoms with Crippen molar-refractivity contribution in [3.63, 3.8) is 0 Å². The summed E-state index contributed by atoms with van der Waals surface area (Å²) in [6.45, 7) is 0.409. The Hall–Kier alpha value is -3.37. The number of ether oxygens (including phenoxy) is 3. The quantitative estimate of drug-likeness (QED) is 0.353. The second-order valence-corrected chi connectivity index (χ2v) is 6.87. The number of carbonyl (C=O) groups excluding carboxylic acids is 2. The number of amides is 2. The number of halogens is 1. The molecule has 31 heavy (non-hydrogen) atoms. The highest BCUT2D eigenvalue weighted by atomic mass is 35.5. The van der Waals surface area contributed by atoms with Gasteiger partial charge in [-0.05, 0) is 18.2 Å². The van der Waals surface area contributed by atoms with Crippen molar-refractivity contribution in [1.82, 2.24) is 4.90 Å². The number of hydrogen-bond donors (Lipinski definition) is 1. The number of benzene rings is 2. The molecule has 0 aliphatic heterocycles. The Morgan fingerprint density at radius 2 is 1.81 bits per heavy atom. The Balaban J connectivity index is 2.39. The number of anilines is 1. The van der Waals surface area contributed by atoms with Gasteiger partial charge in [0.2, 0.25) is 0 Å². The molecule has 166 valence electrons. The summed E-state index contributed by atoms with van der Waals surface area (Å²) in [6, 6.07) is 6.67. The van der Waals surface area contributed by atoms with Gasteiger partial charge in [0, 0.05) is 33.0 Å². The lowest BCUT2D eigenvalue weighted by Gasteiger charge is -2.14. The smallest absolute Gasteiger partial charge is 0.286 e. The van der Waals surface area contributed by atoms with Crippen LogP contribution in [-0.4, -0.2) is 63.2 Å². The Morgan fingerprint density at radius 1 is 1.10 bits per heavy atom. The van der Waals surface area contributed by atoms with Crippen LogP contribution in [0.2, 0.25) is 5.02 Å². The van der Waals surface area contributed by atoms with Crippen molar-refractivity contribution in [2.75, 3.05) is 46.8 Å². The third-order valence-corrected chi connectivity index (χ3v) is 4.46. The number of carbonyl (C=O) groups is 2. The summed E-state index contributed by atoms with van der Waals surface area (Å²) in [7, 11) is 5.97. The predicted octanol–water partition coefficient (Wildman–Crippen LogP) is 3.24. The summed E-state index contributed by atoms with van der Waals surface area (Å²) in [5.74, 6) is -0.870. The first-order chi connectivity index (χ1) is 14.7. The number of hydrogen-bond acceptors (Lipinski definition) is 7. The van der Waals surface area contributed by atoms with E-state index in [0.29, 0.717) is 0 Å². The van der Waals surface area contributed by atoms with Crippen LogP contribution >= 0.6 is 11.6 Å². The molecular formula is C20H22ClN3O7. The van der Waals surface area contributed by atoms with Gasteiger partial charge in [-0.3, -0.25) is 19.7 Å². The van der Waals surface area contributed by atoms with Gasteiger partial charge in [0.15, 0.2) is 11.5 Å². The van der Waals surface area contributed by atoms with Gasteiger partial charge in [-0.2, -0.15) is 0 Å². The molecule has 0 fully saturated rings. The van der Waals surface area contributed by atoms with Crippen molar-refractivity contribution >= 4 is 34.8 Å². The van der Waals surface area contributed by atoms with Gasteiger partial charge in [0.1, 0.15) is 12.2 Å². The van der Waals surface area contributed by atoms with Gasteiger partial charge in [-0.1, -0.05) is 11.6 Å². The highest BCUT2D eigenvalue weighted by molar-refractivity contribution is 6.34. The molecule has 0 aliphatic rings. The van der Waals surface area contributed by atoms with Crippen LogP contribution in [0, 0.1) is 10.1 Å². The van der Waals surface area contributed by atoms with Crippen LogP contribution in [0.4, 0.5) is 11.4 Å². The second kappa shape index (κ2) is 10.6. The third-order valence-electron chi connectivity index (χ3n) is 4.13. The Morgan fingerprint density at radius 3 is 2.39 bits per heavy atom. The molecule has 0 saturated heterocycles. The first kappa shape index (κ1) is 23.9. The second-order valence-electron chi connectivity index (χ2n) is 6.47. The summed E-state index contributed by atoms with van der Waals surface area (Å²) >= 11 is 6.08. The first-order valence-corrected chi connectivity index (χ1v) is 9.38. The van der Waals surface area contributed by atoms with Gasteiger partial charge in [-0.15, -0.1) is 0 Å². The molecule has 1 N–H and O–H groups in total. The maximum Gasteiger partial charge on any atom is 0.286 e. The number of nitro groups is 1. The van der Waals surface area contributed by atoms with E-state index < -0.39 is 16.5 Å². The van der Waals surface area contributed by atoms with E-state index in [9.17, 15) is 19.7 Å². The van der Waals surface area contributed by atoms with Gasteiger partial charge >= 0.3 is 0 Å². The molecule has 10 nitrogen and oxygen atoms in total. The Bertz CT molecular complexity index is 995. The average Bonchev–Trinajstić information content (AvgIpc) is 2.74. The van der Waals surface area contributed by atoms with E-state index in [-0.39, 0.29) is 52.5 Å². The number of nitrogens with one attached hydrogen (secondary N) is 1. The SMILES string of the molecule is COCCOc1cc([N+](=O)[O-])c(C(=O)Nc2ccc(Cl)c(C(=O)N(C)C)c2)cc1OC. The molecule has 0 saturated carbocycles. The molecule has 2 rings (SSSR count). The van der Waals surface area contributed by atoms with E-state index in [4.69, 9.17) is 25.8 Å². The van der Waals surface area contributed by atoms with Gasteiger partial charge in [0.05, 0.1) is 35.3 Å². The van der Waals surface area contributed by atoms with Crippen LogP contribution in [-0.2, 0) is 4.74 Å². The highest BCUT2D eigenvalue weighted by Gasteiger charge is 2.25. The largest absolute Gasteiger partial charge is 0.493 e. The fourth-order valence-corrected chi connectivity index (χ4v) is 2.79. The zero-order valence-corrected chi connectivity index (χ0v) is 18.2. The number of methoxy groups -OCH3 is 2. The summed E-state index contributed by atoms with van der Waals surface area (Å²) in [5.41, 5.74) is -0.285. The zero-order valence-electron chi connectivity index (χ0n) is 17.4. The Labute approximate surface area is 183 Å². The third kappa shape index (κ3) is 5.83. The molecule has 0 aromatic heterocycles. The van der Waals surface area contributed by atoms with E-state index in [1.807, 2.05) is 0 Å². The van der Waals surface area contributed by atoms with E-state index in [0.717, 1.165) is 6.07 Å². The van der Waals surface area contributed by atoms with Crippen LogP contribution in [0.5, 0.6) is 11.5 Å². The lowest BCUT2D eigenvalue weighted by molar-refractivity contribution is -0.385. The normalized spacial score (nSPS) is 10.4. The molecule has 0 aliphatic carbocycles. The minimum absolute atomic E-state index is 0.105. The van der Waals surface area contributed by atoms with E-state index >= 15 is 0 Å². The van der Waals surface area contributed by atoms with Crippen molar-refractivity contribution in [2.24, 2.45) is 0 Å². The highest BCUT2D eigenvalue weighted by Crippen LogP contribution is 2.35. The van der Waals surface area contributed by atoms with Crippen molar-refractivity contribution in [1.29, 1.82) is 0 Å². The summed E-state index contributed by atoms with van der Waals surface area (Å²) in [4.78, 5) is 37.3. The molecule has 2 aromatic rings. The molecule has 0 bridgehead atoms. The van der Waals surface area contributed by atoms with Crippen LogP contribution in [0.3, 0.4) is 0 Å². The number of rotatable bonds is 9. The molecule has 0 unspecified atom stereocenters. The van der Waals surface area contributed by atoms with Crippen molar-refractivity contribution in [3.8, 4) is 11.5 Å². The Kier molecular flexibility index (Phi) is 8.17. The fourth-order valence-electron chi connectivity index (χ4n) is 2.60. The monoisotopic (exact) mass is 451 g/mol. The summed E-state index contributed by atoms with van der Waals surface area (Å²) < 4.78 is 15.5.